The van der Waals surface area contributed by atoms with Gasteiger partial charge in [0.05, 0.1) is 7.11 Å². The number of aliphatic hydroxyl groups excluding tert-OH is 1. The molecule has 0 radical (unpaired) electrons. The van der Waals surface area contributed by atoms with Crippen molar-refractivity contribution in [2.24, 2.45) is 0 Å². The Bertz CT molecular complexity index is 390. The van der Waals surface area contributed by atoms with Crippen molar-refractivity contribution in [2.75, 3.05) is 7.11 Å². The number of ether oxygens (including phenoxy) is 1. The molecule has 0 unspecified atom stereocenters. The van der Waals surface area contributed by atoms with Gasteiger partial charge in [0.15, 0.2) is 0 Å². The molecule has 98 valence electrons. The van der Waals surface area contributed by atoms with Crippen LogP contribution in [-0.2, 0) is 28.4 Å². The van der Waals surface area contributed by atoms with Gasteiger partial charge in [0.2, 0.25) is 0 Å². The maximum absolute atomic E-state index is 10.7. The largest absolute Gasteiger partial charge is 0.747 e. The number of methoxy groups -OCH3 is 1. The molecular weight excluding hydrogens is 260 g/mol. The molecule has 1 N–H and O–H groups in total. The van der Waals surface area contributed by atoms with Crippen LogP contribution in [0, 0.1) is 0 Å². The summed E-state index contributed by atoms with van der Waals surface area (Å²) in [5.74, 6) is -0.278. The normalized spacial score (nSPS) is 8.59. The molecule has 0 spiro atoms. The van der Waals surface area contributed by atoms with E-state index in [0.29, 0.717) is 5.56 Å². The summed E-state index contributed by atoms with van der Waals surface area (Å²) in [4.78, 5) is 10.7. The average Bonchev–Trinajstić information content (AvgIpc) is 3.01. The van der Waals surface area contributed by atoms with Crippen LogP contribution in [0.25, 0.3) is 0 Å². The van der Waals surface area contributed by atoms with Gasteiger partial charge in [0.1, 0.15) is 0 Å². The van der Waals surface area contributed by atoms with Gasteiger partial charge in [-0.25, -0.2) is 12.1 Å². The first-order valence-corrected chi connectivity index (χ1v) is 4.89. The molecule has 0 aromatic heterocycles. The monoisotopic (exact) mass is 274 g/mol. The van der Waals surface area contributed by atoms with Crippen LogP contribution in [0.1, 0.15) is 15.9 Å². The van der Waals surface area contributed by atoms with Gasteiger partial charge < -0.3 is 39.7 Å². The second-order valence-corrected chi connectivity index (χ2v) is 3.12. The van der Waals surface area contributed by atoms with Crippen LogP contribution in [-0.4, -0.2) is 18.2 Å². The average molecular weight is 274 g/mol. The summed E-state index contributed by atoms with van der Waals surface area (Å²) < 4.78 is 4.46. The summed E-state index contributed by atoms with van der Waals surface area (Å²) in [5, 5.41) is 8.43. The maximum atomic E-state index is 10.7. The predicted molar refractivity (Wildman–Crippen MR) is 61.3 cm³/mol. The molecule has 0 bridgehead atoms. The quantitative estimate of drug-likeness (QED) is 0.518. The van der Waals surface area contributed by atoms with Crippen molar-refractivity contribution in [3.63, 3.8) is 0 Å². The van der Waals surface area contributed by atoms with Gasteiger partial charge >= 0.3 is 0 Å². The van der Waals surface area contributed by atoms with Crippen LogP contribution >= 0.6 is 0 Å². The molecular formula is C13H14FeO3-6. The van der Waals surface area contributed by atoms with E-state index in [4.69, 9.17) is 5.11 Å². The first-order valence-electron chi connectivity index (χ1n) is 4.89. The topological polar surface area (TPSA) is 46.5 Å². The smallest absolute Gasteiger partial charge is 0.280 e. The molecule has 0 amide bonds. The van der Waals surface area contributed by atoms with Crippen molar-refractivity contribution in [3.8, 4) is 0 Å². The van der Waals surface area contributed by atoms with Gasteiger partial charge in [0, 0.05) is 17.1 Å². The van der Waals surface area contributed by atoms with E-state index in [2.05, 4.69) is 4.74 Å². The van der Waals surface area contributed by atoms with E-state index >= 15 is 0 Å². The second kappa shape index (κ2) is 8.76. The van der Waals surface area contributed by atoms with Gasteiger partial charge in [-0.3, -0.25) is 4.79 Å². The van der Waals surface area contributed by atoms with Gasteiger partial charge in [0.25, 0.3) is 5.97 Å². The van der Waals surface area contributed by atoms with E-state index in [1.54, 1.807) is 24.3 Å². The Kier molecular flexibility index (Phi) is 8.07. The zero-order chi connectivity index (χ0) is 11.8. The van der Waals surface area contributed by atoms with Crippen LogP contribution in [0.3, 0.4) is 0 Å². The second-order valence-electron chi connectivity index (χ2n) is 3.12. The summed E-state index contributed by atoms with van der Waals surface area (Å²) in [6.45, 7) is 0.160. The molecule has 0 saturated heterocycles. The Morgan fingerprint density at radius 2 is 1.82 bits per heavy atom. The zero-order valence-corrected chi connectivity index (χ0v) is 10.5. The molecule has 0 aliphatic rings. The fourth-order valence-electron chi connectivity index (χ4n) is 1.15. The molecule has 2 rings (SSSR count). The van der Waals surface area contributed by atoms with E-state index in [-0.39, 0.29) is 29.6 Å². The predicted octanol–water partition coefficient (Wildman–Crippen LogP) is 2.09. The fraction of sp³-hybridized carbons (Fsp3) is 0.154. The van der Waals surface area contributed by atoms with Crippen LogP contribution < -0.4 is 0 Å². The number of rotatable bonds is 2. The summed E-state index contributed by atoms with van der Waals surface area (Å²) in [6.07, 6.45) is 0. The number of carbonyl (C=O) groups is 1. The van der Waals surface area contributed by atoms with E-state index in [1.165, 1.54) is 7.11 Å². The van der Waals surface area contributed by atoms with Crippen LogP contribution in [0.15, 0.2) is 48.5 Å². The van der Waals surface area contributed by atoms with Crippen molar-refractivity contribution >= 4 is 5.97 Å². The molecule has 0 fully saturated rings. The molecule has 17 heavy (non-hydrogen) atoms. The third-order valence-electron chi connectivity index (χ3n) is 2.00. The van der Waals surface area contributed by atoms with Gasteiger partial charge in [-0.05, 0) is 0 Å². The third kappa shape index (κ3) is 5.50. The summed E-state index contributed by atoms with van der Waals surface area (Å²) in [6, 6.07) is 14.6. The molecule has 2 aromatic rings. The van der Waals surface area contributed by atoms with Crippen LogP contribution in [0.2, 0.25) is 0 Å². The Morgan fingerprint density at radius 1 is 1.29 bits per heavy atom. The first kappa shape index (κ1) is 15.6. The van der Waals surface area contributed by atoms with Crippen molar-refractivity contribution in [1.29, 1.82) is 0 Å². The number of hydrogen-bond donors (Lipinski definition) is 1. The summed E-state index contributed by atoms with van der Waals surface area (Å²) in [7, 11) is 1.37. The van der Waals surface area contributed by atoms with Crippen molar-refractivity contribution < 1.29 is 31.7 Å². The SMILES string of the molecule is COC(=O)[c-]1cccc1.OC[c-]1[cH-][cH-][cH-][cH-]1.[Fe]. The Labute approximate surface area is 111 Å². The van der Waals surface area contributed by atoms with E-state index in [9.17, 15) is 4.79 Å². The number of carbonyl (C=O) groups excluding carboxylic acids is 1. The minimum atomic E-state index is -0.278. The summed E-state index contributed by atoms with van der Waals surface area (Å²) in [5.41, 5.74) is 1.59. The standard InChI is InChI=1S/C7H7O2.C6H7O.Fe/c1-9-7(8)6-4-2-3-5-6;7-5-6-3-1-2-4-6;/h2-5H,1H3;1-4,7H,5H2;/q-1;-5;. The molecule has 0 aliphatic carbocycles. The molecule has 3 nitrogen and oxygen atoms in total. The zero-order valence-electron chi connectivity index (χ0n) is 9.44. The molecule has 0 atom stereocenters. The maximum Gasteiger partial charge on any atom is 0.280 e. The minimum Gasteiger partial charge on any atom is -0.747 e. The van der Waals surface area contributed by atoms with Crippen molar-refractivity contribution in [1.82, 2.24) is 0 Å². The fourth-order valence-corrected chi connectivity index (χ4v) is 1.15. The minimum absolute atomic E-state index is 0. The van der Waals surface area contributed by atoms with E-state index in [1.807, 2.05) is 24.3 Å². The Hall–Kier alpha value is -1.35. The first-order chi connectivity index (χ1) is 7.77. The number of hydrogen-bond acceptors (Lipinski definition) is 3. The van der Waals surface area contributed by atoms with Crippen molar-refractivity contribution in [3.05, 3.63) is 59.7 Å². The van der Waals surface area contributed by atoms with Crippen LogP contribution in [0.5, 0.6) is 0 Å². The molecule has 0 aliphatic heterocycles. The van der Waals surface area contributed by atoms with Gasteiger partial charge in [-0.2, -0.15) is 12.1 Å². The number of aliphatic hydroxyl groups is 1. The molecule has 0 heterocycles. The van der Waals surface area contributed by atoms with E-state index < -0.39 is 0 Å². The molecule has 0 saturated carbocycles. The Morgan fingerprint density at radius 3 is 2.18 bits per heavy atom. The van der Waals surface area contributed by atoms with Crippen LogP contribution in [0.4, 0.5) is 0 Å². The third-order valence-corrected chi connectivity index (χ3v) is 2.00. The van der Waals surface area contributed by atoms with E-state index in [0.717, 1.165) is 5.56 Å². The Balaban J connectivity index is 0.000000292. The molecule has 4 heteroatoms. The number of esters is 1. The summed E-state index contributed by atoms with van der Waals surface area (Å²) >= 11 is 0. The molecule has 2 aromatic carbocycles. The van der Waals surface area contributed by atoms with Gasteiger partial charge in [-0.15, -0.1) is 6.61 Å². The van der Waals surface area contributed by atoms with Gasteiger partial charge in [-0.1, -0.05) is 5.56 Å². The van der Waals surface area contributed by atoms with Crippen molar-refractivity contribution in [2.45, 2.75) is 6.61 Å².